The molecule has 0 saturated carbocycles. The van der Waals surface area contributed by atoms with E-state index in [-0.39, 0.29) is 5.91 Å². The largest absolute Gasteiger partial charge is 0.352 e. The van der Waals surface area contributed by atoms with Crippen molar-refractivity contribution in [1.29, 1.82) is 0 Å². The summed E-state index contributed by atoms with van der Waals surface area (Å²) in [6.07, 6.45) is 35.4. The molecule has 0 aliphatic heterocycles. The summed E-state index contributed by atoms with van der Waals surface area (Å²) in [4.78, 5) is 11.4. The molecule has 2 nitrogen and oxygen atoms in total. The van der Waals surface area contributed by atoms with Crippen LogP contribution in [0.15, 0.2) is 12.2 Å². The maximum atomic E-state index is 11.4. The molecule has 0 unspecified atom stereocenters. The molecule has 0 heterocycles. The summed E-state index contributed by atoms with van der Waals surface area (Å²) in [5, 5.41) is 2.91. The van der Waals surface area contributed by atoms with Gasteiger partial charge in [-0.3, -0.25) is 4.79 Å². The molecular weight excluding hydrogens is 402 g/mol. The van der Waals surface area contributed by atoms with Crippen LogP contribution in [0.1, 0.15) is 174 Å². The molecule has 0 saturated heterocycles. The Morgan fingerprint density at radius 1 is 0.485 bits per heavy atom. The zero-order chi connectivity index (χ0) is 24.2. The average Bonchev–Trinajstić information content (AvgIpc) is 2.81. The summed E-state index contributed by atoms with van der Waals surface area (Å²) in [7, 11) is 0. The summed E-state index contributed by atoms with van der Waals surface area (Å²) in [5.74, 6) is -0.000607. The third-order valence-corrected chi connectivity index (χ3v) is 6.95. The minimum absolute atomic E-state index is 0.000607. The smallest absolute Gasteiger partial charge is 0.246 e. The summed E-state index contributed by atoms with van der Waals surface area (Å²) in [5.41, 5.74) is 0.606. The predicted molar refractivity (Wildman–Crippen MR) is 149 cm³/mol. The van der Waals surface area contributed by atoms with E-state index < -0.39 is 0 Å². The summed E-state index contributed by atoms with van der Waals surface area (Å²) in [6, 6.07) is 0. The zero-order valence-electron chi connectivity index (χ0n) is 23.0. The highest BCUT2D eigenvalue weighted by Crippen LogP contribution is 2.15. The Kier molecular flexibility index (Phi) is 26.8. The van der Waals surface area contributed by atoms with E-state index in [0.29, 0.717) is 5.57 Å². The van der Waals surface area contributed by atoms with Crippen molar-refractivity contribution in [3.8, 4) is 0 Å². The number of carbonyl (C=O) groups excluding carboxylic acids is 1. The second-order valence-electron chi connectivity index (χ2n) is 10.5. The summed E-state index contributed by atoms with van der Waals surface area (Å²) < 4.78 is 0. The normalized spacial score (nSPS) is 11.1. The van der Waals surface area contributed by atoms with Crippen LogP contribution < -0.4 is 5.32 Å². The molecule has 1 N–H and O–H groups in total. The first-order chi connectivity index (χ1) is 16.2. The van der Waals surface area contributed by atoms with Gasteiger partial charge in [-0.2, -0.15) is 0 Å². The second kappa shape index (κ2) is 27.5. The maximum absolute atomic E-state index is 11.4. The van der Waals surface area contributed by atoms with Crippen LogP contribution in [-0.4, -0.2) is 12.5 Å². The van der Waals surface area contributed by atoms with Gasteiger partial charge in [0.05, 0.1) is 0 Å². The Balaban J connectivity index is 3.05. The van der Waals surface area contributed by atoms with E-state index in [2.05, 4.69) is 18.8 Å². The number of hydrogen-bond acceptors (Lipinski definition) is 1. The van der Waals surface area contributed by atoms with E-state index in [1.54, 1.807) is 6.92 Å². The van der Waals surface area contributed by atoms with Crippen LogP contribution in [-0.2, 0) is 4.79 Å². The van der Waals surface area contributed by atoms with Crippen molar-refractivity contribution in [2.24, 2.45) is 0 Å². The van der Waals surface area contributed by atoms with Crippen molar-refractivity contribution in [3.63, 3.8) is 0 Å². The van der Waals surface area contributed by atoms with Gasteiger partial charge < -0.3 is 5.32 Å². The second-order valence-corrected chi connectivity index (χ2v) is 10.5. The van der Waals surface area contributed by atoms with Crippen LogP contribution in [0.5, 0.6) is 0 Å². The van der Waals surface area contributed by atoms with E-state index in [4.69, 9.17) is 0 Å². The molecule has 0 aromatic carbocycles. The molecule has 0 radical (unpaired) electrons. The first-order valence-corrected chi connectivity index (χ1v) is 15.1. The third-order valence-electron chi connectivity index (χ3n) is 6.95. The highest BCUT2D eigenvalue weighted by molar-refractivity contribution is 5.91. The molecule has 0 aromatic rings. The van der Waals surface area contributed by atoms with Crippen LogP contribution >= 0.6 is 0 Å². The molecule has 0 aromatic heterocycles. The molecule has 1 amide bonds. The topological polar surface area (TPSA) is 29.1 Å². The van der Waals surface area contributed by atoms with Gasteiger partial charge in [0.2, 0.25) is 5.91 Å². The predicted octanol–water partition coefficient (Wildman–Crippen LogP) is 10.5. The van der Waals surface area contributed by atoms with Gasteiger partial charge in [0, 0.05) is 12.1 Å². The van der Waals surface area contributed by atoms with Crippen molar-refractivity contribution in [3.05, 3.63) is 12.2 Å². The lowest BCUT2D eigenvalue weighted by Crippen LogP contribution is -2.24. The van der Waals surface area contributed by atoms with Crippen LogP contribution in [0.25, 0.3) is 0 Å². The molecule has 0 bridgehead atoms. The molecule has 2 heteroatoms. The Bertz CT molecular complexity index is 417. The molecule has 0 rings (SSSR count). The lowest BCUT2D eigenvalue weighted by atomic mass is 10.0. The van der Waals surface area contributed by atoms with Gasteiger partial charge in [-0.05, 0) is 13.3 Å². The van der Waals surface area contributed by atoms with E-state index in [9.17, 15) is 4.79 Å². The standard InChI is InChI=1S/C31H61NO/c1-4-5-6-7-8-9-10-11-12-13-14-15-16-17-18-19-20-21-22-23-24-25-26-27-28-29-32-31(33)30(2)3/h2,4-29H2,1,3H3,(H,32,33). The Labute approximate surface area is 209 Å². The minimum atomic E-state index is -0.000607. The number of rotatable bonds is 27. The Hall–Kier alpha value is -0.790. The minimum Gasteiger partial charge on any atom is -0.352 e. The number of amides is 1. The molecule has 0 aliphatic carbocycles. The molecule has 0 atom stereocenters. The van der Waals surface area contributed by atoms with Gasteiger partial charge in [0.25, 0.3) is 0 Å². The average molecular weight is 464 g/mol. The number of nitrogens with one attached hydrogen (secondary N) is 1. The van der Waals surface area contributed by atoms with E-state index in [1.807, 2.05) is 0 Å². The fourth-order valence-electron chi connectivity index (χ4n) is 4.62. The fraction of sp³-hybridized carbons (Fsp3) is 0.903. The van der Waals surface area contributed by atoms with E-state index in [0.717, 1.165) is 13.0 Å². The highest BCUT2D eigenvalue weighted by Gasteiger charge is 1.99. The van der Waals surface area contributed by atoms with Gasteiger partial charge in [-0.15, -0.1) is 0 Å². The quantitative estimate of drug-likeness (QED) is 0.0952. The molecule has 0 spiro atoms. The third kappa shape index (κ3) is 27.3. The van der Waals surface area contributed by atoms with Gasteiger partial charge in [0.15, 0.2) is 0 Å². The Morgan fingerprint density at radius 3 is 0.970 bits per heavy atom. The van der Waals surface area contributed by atoms with Crippen LogP contribution in [0.3, 0.4) is 0 Å². The number of hydrogen-bond donors (Lipinski definition) is 1. The van der Waals surface area contributed by atoms with Crippen LogP contribution in [0, 0.1) is 0 Å². The molecule has 196 valence electrons. The first kappa shape index (κ1) is 32.2. The zero-order valence-corrected chi connectivity index (χ0v) is 23.0. The lowest BCUT2D eigenvalue weighted by Gasteiger charge is -2.05. The summed E-state index contributed by atoms with van der Waals surface area (Å²) >= 11 is 0. The molecule has 0 aliphatic rings. The van der Waals surface area contributed by atoms with Crippen LogP contribution in [0.2, 0.25) is 0 Å². The lowest BCUT2D eigenvalue weighted by molar-refractivity contribution is -0.117. The summed E-state index contributed by atoms with van der Waals surface area (Å²) in [6.45, 7) is 8.51. The number of carbonyl (C=O) groups is 1. The van der Waals surface area contributed by atoms with Crippen molar-refractivity contribution in [1.82, 2.24) is 5.32 Å². The maximum Gasteiger partial charge on any atom is 0.246 e. The molecule has 0 fully saturated rings. The monoisotopic (exact) mass is 463 g/mol. The van der Waals surface area contributed by atoms with Crippen molar-refractivity contribution >= 4 is 5.91 Å². The van der Waals surface area contributed by atoms with Crippen LogP contribution in [0.4, 0.5) is 0 Å². The van der Waals surface area contributed by atoms with Gasteiger partial charge in [0.1, 0.15) is 0 Å². The van der Waals surface area contributed by atoms with Crippen molar-refractivity contribution < 1.29 is 4.79 Å². The van der Waals surface area contributed by atoms with Gasteiger partial charge in [-0.25, -0.2) is 0 Å². The molecular formula is C31H61NO. The SMILES string of the molecule is C=C(C)C(=O)NCCCCCCCCCCCCCCCCCCCCCCCCCCC. The molecule has 33 heavy (non-hydrogen) atoms. The van der Waals surface area contributed by atoms with Crippen molar-refractivity contribution in [2.75, 3.05) is 6.54 Å². The van der Waals surface area contributed by atoms with Gasteiger partial charge in [-0.1, -0.05) is 168 Å². The number of unbranched alkanes of at least 4 members (excludes halogenated alkanes) is 24. The Morgan fingerprint density at radius 2 is 0.727 bits per heavy atom. The van der Waals surface area contributed by atoms with E-state index >= 15 is 0 Å². The van der Waals surface area contributed by atoms with Crippen molar-refractivity contribution in [2.45, 2.75) is 174 Å². The van der Waals surface area contributed by atoms with Gasteiger partial charge >= 0.3 is 0 Å². The fourth-order valence-corrected chi connectivity index (χ4v) is 4.62. The highest BCUT2D eigenvalue weighted by atomic mass is 16.1. The van der Waals surface area contributed by atoms with E-state index in [1.165, 1.54) is 154 Å². The first-order valence-electron chi connectivity index (χ1n) is 15.1.